The zero-order valence-electron chi connectivity index (χ0n) is 48.4. The first-order valence-corrected chi connectivity index (χ1v) is 28.7. The predicted molar refractivity (Wildman–Crippen MR) is 328 cm³/mol. The van der Waals surface area contributed by atoms with Gasteiger partial charge >= 0.3 is 5.97 Å². The van der Waals surface area contributed by atoms with Gasteiger partial charge in [-0.1, -0.05) is 103 Å². The van der Waals surface area contributed by atoms with Gasteiger partial charge in [-0.25, -0.2) is 4.79 Å². The Kier molecular flexibility index (Phi) is 16.7. The van der Waals surface area contributed by atoms with E-state index >= 15 is 0 Å². The van der Waals surface area contributed by atoms with Crippen molar-refractivity contribution in [2.75, 3.05) is 24.0 Å². The second-order valence-electron chi connectivity index (χ2n) is 22.1. The number of methoxy groups -OCH3 is 2. The van der Waals surface area contributed by atoms with Crippen molar-refractivity contribution in [3.63, 3.8) is 0 Å². The molecule has 0 fully saturated rings. The molecular weight excluding hydrogens is 1080 g/mol. The quantitative estimate of drug-likeness (QED) is 0.0483. The zero-order chi connectivity index (χ0) is 60.2. The molecule has 16 heteroatoms. The number of carbonyl (C=O) groups excluding carboxylic acids is 4. The summed E-state index contributed by atoms with van der Waals surface area (Å²) in [6.07, 6.45) is 3.36. The number of nitrogens with two attached hydrogens (primary N) is 1. The summed E-state index contributed by atoms with van der Waals surface area (Å²) in [6, 6.07) is 53.2. The second kappa shape index (κ2) is 24.9. The van der Waals surface area contributed by atoms with Gasteiger partial charge in [-0.3, -0.25) is 24.6 Å². The number of anilines is 2. The molecule has 4 heterocycles. The number of ether oxygens (including phenoxy) is 4. The van der Waals surface area contributed by atoms with Crippen molar-refractivity contribution in [2.45, 2.75) is 91.0 Å². The molecular formula is C70H66N6O10. The van der Waals surface area contributed by atoms with Crippen LogP contribution < -0.4 is 34.5 Å². The SMILES string of the molecule is COc1ccc(N2Cc3ccc(CN4Cc5ccc(C(=N)N)cc5C4=O)cc3C2=O)cc1OC(C)CCc1ccccc1.COc1ccc(N2Cc3ccc(CN4Cc5ccc(C(=O)O)cc5C4=O)cc3C2=O)cc1OC(C)CCc1ccccc1. The number of carboxylic acids is 1. The van der Waals surface area contributed by atoms with Gasteiger partial charge in [0.05, 0.1) is 45.1 Å². The third-order valence-electron chi connectivity index (χ3n) is 16.2. The van der Waals surface area contributed by atoms with Crippen LogP contribution in [0.4, 0.5) is 11.4 Å². The Labute approximate surface area is 499 Å². The largest absolute Gasteiger partial charge is 0.493 e. The molecule has 86 heavy (non-hydrogen) atoms. The molecule has 0 spiro atoms. The topological polar surface area (TPSA) is 205 Å². The van der Waals surface area contributed by atoms with Gasteiger partial charge in [0.25, 0.3) is 23.6 Å². The first kappa shape index (κ1) is 57.6. The van der Waals surface area contributed by atoms with E-state index in [1.54, 1.807) is 52.0 Å². The van der Waals surface area contributed by atoms with Crippen LogP contribution in [0.2, 0.25) is 0 Å². The Morgan fingerprint density at radius 2 is 0.872 bits per heavy atom. The van der Waals surface area contributed by atoms with Gasteiger partial charge in [-0.05, 0) is 139 Å². The third-order valence-corrected chi connectivity index (χ3v) is 16.2. The van der Waals surface area contributed by atoms with E-state index in [9.17, 15) is 29.1 Å². The number of amidine groups is 1. The molecule has 0 radical (unpaired) electrons. The Morgan fingerprint density at radius 3 is 1.29 bits per heavy atom. The van der Waals surface area contributed by atoms with Crippen LogP contribution in [-0.4, -0.2) is 76.8 Å². The van der Waals surface area contributed by atoms with Gasteiger partial charge in [0.1, 0.15) is 5.84 Å². The highest BCUT2D eigenvalue weighted by atomic mass is 16.5. The number of aromatic carboxylic acids is 1. The molecule has 0 aromatic heterocycles. The van der Waals surface area contributed by atoms with Crippen LogP contribution in [0.3, 0.4) is 0 Å². The van der Waals surface area contributed by atoms with Crippen molar-refractivity contribution in [2.24, 2.45) is 5.73 Å². The Balaban J connectivity index is 0.000000179. The Bertz CT molecular complexity index is 3690. The molecule has 4 amide bonds. The molecule has 4 aliphatic heterocycles. The maximum Gasteiger partial charge on any atom is 0.335 e. The highest BCUT2D eigenvalue weighted by molar-refractivity contribution is 6.11. The number of nitrogens with zero attached hydrogens (tertiary/aromatic N) is 4. The molecule has 436 valence electrons. The number of carboxylic acid groups (broad SMARTS) is 1. The minimum absolute atomic E-state index is 0.0492. The number of nitrogen functional groups attached to an aromatic ring is 1. The first-order chi connectivity index (χ1) is 41.6. The predicted octanol–water partition coefficient (Wildman–Crippen LogP) is 11.8. The number of nitrogens with one attached hydrogen (secondary N) is 1. The van der Waals surface area contributed by atoms with Gasteiger partial charge in [-0.2, -0.15) is 0 Å². The Morgan fingerprint density at radius 1 is 0.477 bits per heavy atom. The molecule has 4 aliphatic rings. The van der Waals surface area contributed by atoms with E-state index < -0.39 is 5.97 Å². The smallest absolute Gasteiger partial charge is 0.335 e. The molecule has 0 bridgehead atoms. The van der Waals surface area contributed by atoms with Crippen molar-refractivity contribution < 1.29 is 48.0 Å². The fourth-order valence-corrected chi connectivity index (χ4v) is 11.5. The summed E-state index contributed by atoms with van der Waals surface area (Å²) in [4.78, 5) is 71.6. The van der Waals surface area contributed by atoms with E-state index in [0.717, 1.165) is 64.8 Å². The molecule has 16 nitrogen and oxygen atoms in total. The molecule has 8 aromatic rings. The maximum absolute atomic E-state index is 13.6. The highest BCUT2D eigenvalue weighted by Crippen LogP contribution is 2.39. The number of amides is 4. The van der Waals surface area contributed by atoms with Gasteiger partial charge in [0.15, 0.2) is 23.0 Å². The van der Waals surface area contributed by atoms with E-state index in [1.807, 2.05) is 129 Å². The molecule has 2 atom stereocenters. The van der Waals surface area contributed by atoms with Crippen molar-refractivity contribution in [3.05, 3.63) is 248 Å². The summed E-state index contributed by atoms with van der Waals surface area (Å²) in [7, 11) is 3.21. The average Bonchev–Trinajstić information content (AvgIpc) is 4.40. The Hall–Kier alpha value is -10.2. The number of carbonyl (C=O) groups is 5. The lowest BCUT2D eigenvalue weighted by atomic mass is 10.1. The number of aryl methyl sites for hydroxylation is 2. The molecule has 8 aromatic carbocycles. The first-order valence-electron chi connectivity index (χ1n) is 28.7. The summed E-state index contributed by atoms with van der Waals surface area (Å²) < 4.78 is 23.7. The molecule has 4 N–H and O–H groups in total. The number of benzene rings is 8. The van der Waals surface area contributed by atoms with E-state index in [1.165, 1.54) is 23.3 Å². The fourth-order valence-electron chi connectivity index (χ4n) is 11.5. The second-order valence-corrected chi connectivity index (χ2v) is 22.1. The number of hydrogen-bond acceptors (Lipinski definition) is 10. The summed E-state index contributed by atoms with van der Waals surface area (Å²) in [5.41, 5.74) is 17.7. The van der Waals surface area contributed by atoms with Gasteiger partial charge < -0.3 is 49.4 Å². The van der Waals surface area contributed by atoms with Crippen LogP contribution in [0.5, 0.6) is 23.0 Å². The summed E-state index contributed by atoms with van der Waals surface area (Å²) in [5.74, 6) is 0.757. The van der Waals surface area contributed by atoms with E-state index in [0.29, 0.717) is 95.8 Å². The molecule has 2 unspecified atom stereocenters. The lowest BCUT2D eigenvalue weighted by Gasteiger charge is -2.21. The third kappa shape index (κ3) is 12.4. The monoisotopic (exact) mass is 1150 g/mol. The normalized spacial score (nSPS) is 14.5. The van der Waals surface area contributed by atoms with Crippen LogP contribution in [-0.2, 0) is 52.1 Å². The lowest BCUT2D eigenvalue weighted by Crippen LogP contribution is -2.24. The minimum Gasteiger partial charge on any atom is -0.493 e. The summed E-state index contributed by atoms with van der Waals surface area (Å²) in [6.45, 7) is 6.51. The van der Waals surface area contributed by atoms with Gasteiger partial charge in [-0.15, -0.1) is 0 Å². The average molecular weight is 1150 g/mol. The standard InChI is InChI=1S/C35H34N4O4.C35H32N2O6/c1-22(8-9-23-6-4-3-5-7-23)43-32-18-28(14-15-31(32)42-2)39-21-27-11-10-24(16-29(27)35(39)41)19-38-20-26-13-12-25(33(36)37)17-30(26)34(38)40;1-22(8-9-23-6-4-3-5-7-23)43-32-18-28(14-15-31(32)42-2)37-21-27-11-10-24(16-29(27)34(37)39)19-36-20-26-13-12-25(35(40)41)17-30(26)33(36)38/h3-7,10-18,22H,8-9,19-21H2,1-2H3,(H3,36,37);3-7,10-18,22H,8-9,19-21H2,1-2H3,(H,40,41). The molecule has 0 saturated carbocycles. The van der Waals surface area contributed by atoms with Crippen LogP contribution in [0, 0.1) is 5.41 Å². The molecule has 0 saturated heterocycles. The maximum atomic E-state index is 13.6. The number of hydrogen-bond donors (Lipinski definition) is 3. The van der Waals surface area contributed by atoms with Crippen LogP contribution >= 0.6 is 0 Å². The van der Waals surface area contributed by atoms with Gasteiger partial charge in [0.2, 0.25) is 0 Å². The minimum atomic E-state index is -1.07. The summed E-state index contributed by atoms with van der Waals surface area (Å²) in [5, 5.41) is 17.0. The van der Waals surface area contributed by atoms with Gasteiger partial charge in [0, 0.05) is 77.5 Å². The van der Waals surface area contributed by atoms with Crippen molar-refractivity contribution >= 4 is 46.8 Å². The summed E-state index contributed by atoms with van der Waals surface area (Å²) >= 11 is 0. The number of rotatable bonds is 20. The number of fused-ring (bicyclic) bond motifs is 4. The van der Waals surface area contributed by atoms with Crippen molar-refractivity contribution in [1.82, 2.24) is 9.80 Å². The van der Waals surface area contributed by atoms with Crippen LogP contribution in [0.25, 0.3) is 0 Å². The van der Waals surface area contributed by atoms with Crippen LogP contribution in [0.15, 0.2) is 170 Å². The van der Waals surface area contributed by atoms with Crippen molar-refractivity contribution in [3.8, 4) is 23.0 Å². The molecule has 12 rings (SSSR count). The van der Waals surface area contributed by atoms with E-state index in [4.69, 9.17) is 30.1 Å². The molecule has 0 aliphatic carbocycles. The fraction of sp³-hybridized carbons (Fsp3) is 0.229. The van der Waals surface area contributed by atoms with E-state index in [-0.39, 0.29) is 47.2 Å². The van der Waals surface area contributed by atoms with E-state index in [2.05, 4.69) is 24.3 Å². The zero-order valence-corrected chi connectivity index (χ0v) is 48.4. The highest BCUT2D eigenvalue weighted by Gasteiger charge is 2.34. The lowest BCUT2D eigenvalue weighted by molar-refractivity contribution is 0.0695. The van der Waals surface area contributed by atoms with Crippen LogP contribution in [0.1, 0.15) is 129 Å². The van der Waals surface area contributed by atoms with Crippen molar-refractivity contribution in [1.29, 1.82) is 5.41 Å².